The second kappa shape index (κ2) is 4.94. The van der Waals surface area contributed by atoms with Gasteiger partial charge < -0.3 is 5.73 Å². The Labute approximate surface area is 88.2 Å². The highest BCUT2D eigenvalue weighted by molar-refractivity contribution is 4.88. The lowest BCUT2D eigenvalue weighted by molar-refractivity contribution is 0.0634. The van der Waals surface area contributed by atoms with Gasteiger partial charge in [0.25, 0.3) is 0 Å². The zero-order valence-electron chi connectivity index (χ0n) is 9.63. The molecule has 1 unspecified atom stereocenters. The second-order valence-corrected chi connectivity index (χ2v) is 5.06. The Kier molecular flexibility index (Phi) is 4.14. The van der Waals surface area contributed by atoms with Gasteiger partial charge in [0, 0.05) is 13.1 Å². The first-order valence-electron chi connectivity index (χ1n) is 5.63. The highest BCUT2D eigenvalue weighted by Gasteiger charge is 2.34. The molecule has 0 aromatic carbocycles. The number of nitrogens with zero attached hydrogens (tertiary/aromatic N) is 1. The molecule has 0 bridgehead atoms. The number of likely N-dealkylation sites (tertiary alicyclic amines) is 1. The van der Waals surface area contributed by atoms with Crippen LogP contribution in [0.1, 0.15) is 26.7 Å². The molecule has 2 N–H and O–H groups in total. The van der Waals surface area contributed by atoms with Crippen LogP contribution in [-0.4, -0.2) is 31.1 Å². The number of hydrogen-bond donors (Lipinski definition) is 1. The molecule has 14 heavy (non-hydrogen) atoms. The first kappa shape index (κ1) is 11.7. The van der Waals surface area contributed by atoms with E-state index >= 15 is 0 Å². The average molecular weight is 196 g/mol. The molecule has 0 aromatic heterocycles. The number of rotatable bonds is 4. The normalized spacial score (nSPS) is 27.5. The van der Waals surface area contributed by atoms with Crippen molar-refractivity contribution in [1.82, 2.24) is 4.90 Å². The summed E-state index contributed by atoms with van der Waals surface area (Å²) in [6.07, 6.45) is 4.43. The molecule has 0 amide bonds. The summed E-state index contributed by atoms with van der Waals surface area (Å²) in [5, 5.41) is 0. The summed E-state index contributed by atoms with van der Waals surface area (Å²) in [4.78, 5) is 2.48. The fourth-order valence-corrected chi connectivity index (χ4v) is 2.33. The minimum Gasteiger partial charge on any atom is -0.330 e. The maximum Gasteiger partial charge on any atom is 0.0160 e. The molecule has 1 saturated heterocycles. The summed E-state index contributed by atoms with van der Waals surface area (Å²) in [5.74, 6) is 0.751. The standard InChI is InChI=1S/C12H24N2/c1-4-8-14-9-6-12(2,3)11(10-14)5-7-13/h4,11H,1,5-10,13H2,2-3H3. The summed E-state index contributed by atoms with van der Waals surface area (Å²) in [7, 11) is 0. The Bertz CT molecular complexity index is 187. The molecule has 82 valence electrons. The van der Waals surface area contributed by atoms with Crippen molar-refractivity contribution in [3.05, 3.63) is 12.7 Å². The zero-order valence-corrected chi connectivity index (χ0v) is 9.63. The lowest BCUT2D eigenvalue weighted by Crippen LogP contribution is -2.45. The summed E-state index contributed by atoms with van der Waals surface area (Å²) in [6, 6.07) is 0. The molecule has 1 aliphatic heterocycles. The van der Waals surface area contributed by atoms with Crippen molar-refractivity contribution in [2.24, 2.45) is 17.1 Å². The van der Waals surface area contributed by atoms with Gasteiger partial charge in [-0.15, -0.1) is 6.58 Å². The molecule has 0 saturated carbocycles. The van der Waals surface area contributed by atoms with E-state index in [0.717, 1.165) is 25.4 Å². The van der Waals surface area contributed by atoms with E-state index in [9.17, 15) is 0 Å². The highest BCUT2D eigenvalue weighted by atomic mass is 15.1. The maximum absolute atomic E-state index is 5.66. The first-order chi connectivity index (χ1) is 6.60. The molecule has 2 nitrogen and oxygen atoms in total. The lowest BCUT2D eigenvalue weighted by Gasteiger charge is -2.43. The van der Waals surface area contributed by atoms with Crippen molar-refractivity contribution < 1.29 is 0 Å². The van der Waals surface area contributed by atoms with Gasteiger partial charge in [0.1, 0.15) is 0 Å². The monoisotopic (exact) mass is 196 g/mol. The summed E-state index contributed by atoms with van der Waals surface area (Å²) < 4.78 is 0. The fraction of sp³-hybridized carbons (Fsp3) is 0.833. The molecule has 0 radical (unpaired) electrons. The van der Waals surface area contributed by atoms with Gasteiger partial charge in [-0.25, -0.2) is 0 Å². The minimum atomic E-state index is 0.469. The van der Waals surface area contributed by atoms with Gasteiger partial charge >= 0.3 is 0 Å². The Hall–Kier alpha value is -0.340. The quantitative estimate of drug-likeness (QED) is 0.696. The Morgan fingerprint density at radius 1 is 1.57 bits per heavy atom. The van der Waals surface area contributed by atoms with E-state index in [1.54, 1.807) is 0 Å². The predicted octanol–water partition coefficient (Wildman–Crippen LogP) is 1.87. The summed E-state index contributed by atoms with van der Waals surface area (Å²) in [5.41, 5.74) is 6.13. The third-order valence-electron chi connectivity index (χ3n) is 3.56. The molecule has 0 spiro atoms. The predicted molar refractivity (Wildman–Crippen MR) is 62.2 cm³/mol. The average Bonchev–Trinajstić information content (AvgIpc) is 2.12. The zero-order chi connectivity index (χ0) is 10.6. The molecular weight excluding hydrogens is 172 g/mol. The number of piperidine rings is 1. The van der Waals surface area contributed by atoms with E-state index in [2.05, 4.69) is 25.3 Å². The van der Waals surface area contributed by atoms with Gasteiger partial charge in [0.05, 0.1) is 0 Å². The molecule has 1 heterocycles. The van der Waals surface area contributed by atoms with Crippen LogP contribution in [0.15, 0.2) is 12.7 Å². The van der Waals surface area contributed by atoms with Gasteiger partial charge in [-0.1, -0.05) is 19.9 Å². The van der Waals surface area contributed by atoms with Crippen LogP contribution in [0.3, 0.4) is 0 Å². The molecule has 1 rings (SSSR count). The van der Waals surface area contributed by atoms with Crippen LogP contribution < -0.4 is 5.73 Å². The van der Waals surface area contributed by atoms with E-state index in [0.29, 0.717) is 5.41 Å². The Morgan fingerprint density at radius 3 is 2.86 bits per heavy atom. The van der Waals surface area contributed by atoms with Crippen molar-refractivity contribution >= 4 is 0 Å². The largest absolute Gasteiger partial charge is 0.330 e. The second-order valence-electron chi connectivity index (χ2n) is 5.06. The molecule has 1 atom stereocenters. The number of nitrogens with two attached hydrogens (primary N) is 1. The topological polar surface area (TPSA) is 29.3 Å². The first-order valence-corrected chi connectivity index (χ1v) is 5.63. The van der Waals surface area contributed by atoms with Crippen molar-refractivity contribution in [1.29, 1.82) is 0 Å². The van der Waals surface area contributed by atoms with Crippen LogP contribution in [0.25, 0.3) is 0 Å². The molecule has 1 aliphatic rings. The Balaban J connectivity index is 2.53. The summed E-state index contributed by atoms with van der Waals surface area (Å²) in [6.45, 7) is 12.8. The SMILES string of the molecule is C=CCN1CCC(C)(C)C(CCN)C1. The molecule has 0 aliphatic carbocycles. The van der Waals surface area contributed by atoms with Crippen molar-refractivity contribution in [3.8, 4) is 0 Å². The van der Waals surface area contributed by atoms with Gasteiger partial charge in [-0.05, 0) is 37.3 Å². The van der Waals surface area contributed by atoms with Crippen molar-refractivity contribution in [3.63, 3.8) is 0 Å². The van der Waals surface area contributed by atoms with E-state index in [-0.39, 0.29) is 0 Å². The minimum absolute atomic E-state index is 0.469. The van der Waals surface area contributed by atoms with Gasteiger partial charge in [0.2, 0.25) is 0 Å². The van der Waals surface area contributed by atoms with Gasteiger partial charge in [-0.2, -0.15) is 0 Å². The van der Waals surface area contributed by atoms with Gasteiger partial charge in [-0.3, -0.25) is 4.90 Å². The lowest BCUT2D eigenvalue weighted by atomic mass is 9.72. The fourth-order valence-electron chi connectivity index (χ4n) is 2.33. The van der Waals surface area contributed by atoms with E-state index in [1.807, 2.05) is 6.08 Å². The van der Waals surface area contributed by atoms with E-state index in [4.69, 9.17) is 5.73 Å². The van der Waals surface area contributed by atoms with E-state index < -0.39 is 0 Å². The van der Waals surface area contributed by atoms with Crippen LogP contribution in [0.4, 0.5) is 0 Å². The van der Waals surface area contributed by atoms with Crippen LogP contribution >= 0.6 is 0 Å². The van der Waals surface area contributed by atoms with Crippen LogP contribution in [0.2, 0.25) is 0 Å². The Morgan fingerprint density at radius 2 is 2.29 bits per heavy atom. The molecule has 1 fully saturated rings. The smallest absolute Gasteiger partial charge is 0.0160 e. The number of hydrogen-bond acceptors (Lipinski definition) is 2. The van der Waals surface area contributed by atoms with Crippen molar-refractivity contribution in [2.45, 2.75) is 26.7 Å². The van der Waals surface area contributed by atoms with Crippen molar-refractivity contribution in [2.75, 3.05) is 26.2 Å². The van der Waals surface area contributed by atoms with Crippen LogP contribution in [0.5, 0.6) is 0 Å². The molecule has 0 aromatic rings. The van der Waals surface area contributed by atoms with Gasteiger partial charge in [0.15, 0.2) is 0 Å². The highest BCUT2D eigenvalue weighted by Crippen LogP contribution is 2.37. The summed E-state index contributed by atoms with van der Waals surface area (Å²) >= 11 is 0. The molecular formula is C12H24N2. The van der Waals surface area contributed by atoms with Crippen LogP contribution in [0, 0.1) is 11.3 Å². The third kappa shape index (κ3) is 2.82. The molecule has 2 heteroatoms. The van der Waals surface area contributed by atoms with E-state index in [1.165, 1.54) is 19.5 Å². The maximum atomic E-state index is 5.66. The van der Waals surface area contributed by atoms with Crippen LogP contribution in [-0.2, 0) is 0 Å². The third-order valence-corrected chi connectivity index (χ3v) is 3.56.